The number of phosphoric acid groups is 1. The van der Waals surface area contributed by atoms with Gasteiger partial charge in [-0.3, -0.25) is 13.8 Å². The van der Waals surface area contributed by atoms with Gasteiger partial charge in [0.15, 0.2) is 0 Å². The second-order valence-electron chi connectivity index (χ2n) is 28.1. The molecule has 1 amide bonds. The van der Waals surface area contributed by atoms with Crippen LogP contribution in [0.4, 0.5) is 0 Å². The molecular weight excluding hydrogens is 1090 g/mol. The van der Waals surface area contributed by atoms with Gasteiger partial charge in [0.1, 0.15) is 13.2 Å². The lowest BCUT2D eigenvalue weighted by Gasteiger charge is -2.25. The van der Waals surface area contributed by atoms with Crippen LogP contribution in [0.3, 0.4) is 0 Å². The summed E-state index contributed by atoms with van der Waals surface area (Å²) in [5.74, 6) is -0.167. The van der Waals surface area contributed by atoms with Crippen LogP contribution in [0.2, 0.25) is 0 Å². The van der Waals surface area contributed by atoms with Crippen molar-refractivity contribution in [2.45, 2.75) is 418 Å². The fourth-order valence-corrected chi connectivity index (χ4v) is 12.8. The number of phosphoric ester groups is 1. The summed E-state index contributed by atoms with van der Waals surface area (Å²) in [7, 11) is 1.59. The number of aliphatic hydroxyl groups excluding tert-OH is 1. The quantitative estimate of drug-likeness (QED) is 0.0243. The summed E-state index contributed by atoms with van der Waals surface area (Å²) in [6, 6.07) is -0.846. The number of amides is 1. The van der Waals surface area contributed by atoms with Crippen molar-refractivity contribution in [2.24, 2.45) is 0 Å². The van der Waals surface area contributed by atoms with Crippen molar-refractivity contribution in [2.75, 3.05) is 40.9 Å². The minimum Gasteiger partial charge on any atom is -0.387 e. The van der Waals surface area contributed by atoms with E-state index in [0.717, 1.165) is 38.5 Å². The highest BCUT2D eigenvalue weighted by Crippen LogP contribution is 2.43. The first-order chi connectivity index (χ1) is 42.5. The van der Waals surface area contributed by atoms with Crippen LogP contribution in [0.15, 0.2) is 36.5 Å². The molecule has 0 spiro atoms. The molecule has 0 aromatic carbocycles. The molecule has 0 heterocycles. The lowest BCUT2D eigenvalue weighted by molar-refractivity contribution is -0.870. The van der Waals surface area contributed by atoms with E-state index in [1.54, 1.807) is 6.08 Å². The van der Waals surface area contributed by atoms with Gasteiger partial charge in [0.05, 0.1) is 39.9 Å². The van der Waals surface area contributed by atoms with Gasteiger partial charge < -0.3 is 19.8 Å². The predicted molar refractivity (Wildman–Crippen MR) is 383 cm³/mol. The lowest BCUT2D eigenvalue weighted by atomic mass is 10.0. The van der Waals surface area contributed by atoms with E-state index in [4.69, 9.17) is 9.05 Å². The van der Waals surface area contributed by atoms with Gasteiger partial charge in [0.25, 0.3) is 0 Å². The number of likely N-dealkylation sites (N-methyl/N-ethyl adjacent to an activating group) is 1. The van der Waals surface area contributed by atoms with E-state index < -0.39 is 20.0 Å². The first kappa shape index (κ1) is 85.7. The van der Waals surface area contributed by atoms with Crippen molar-refractivity contribution in [3.8, 4) is 0 Å². The third-order valence-electron chi connectivity index (χ3n) is 18.1. The number of carbonyl (C=O) groups is 1. The van der Waals surface area contributed by atoms with Crippen molar-refractivity contribution >= 4 is 13.7 Å². The highest BCUT2D eigenvalue weighted by molar-refractivity contribution is 7.47. The Morgan fingerprint density at radius 2 is 0.655 bits per heavy atom. The van der Waals surface area contributed by atoms with Gasteiger partial charge in [-0.15, -0.1) is 0 Å². The summed E-state index contributed by atoms with van der Waals surface area (Å²) in [6.45, 7) is 4.87. The zero-order valence-corrected chi connectivity index (χ0v) is 60.2. The number of rotatable bonds is 73. The molecule has 3 N–H and O–H groups in total. The fourth-order valence-electron chi connectivity index (χ4n) is 12.1. The summed E-state index contributed by atoms with van der Waals surface area (Å²) in [5.41, 5.74) is 0. The number of carbonyl (C=O) groups excluding carboxylic acids is 1. The molecule has 9 heteroatoms. The normalized spacial score (nSPS) is 13.7. The van der Waals surface area contributed by atoms with Gasteiger partial charge >= 0.3 is 7.82 Å². The van der Waals surface area contributed by atoms with Gasteiger partial charge in [-0.2, -0.15) is 0 Å². The standard InChI is InChI=1S/C78H153N2O6P/c1-6-8-10-12-14-16-18-20-22-24-26-28-30-32-34-35-36-37-38-39-40-41-42-43-44-45-46-48-50-52-54-56-58-60-62-64-66-68-70-72-78(82)79-76(75-86-87(83,84)85-74-73-80(3,4)5)77(81)71-69-67-65-63-61-59-57-55-53-51-49-47-33-31-29-27-25-23-21-19-17-15-13-11-9-7-2/h18,20,24,26,69,71,76-77,81H,6-17,19,21-23,25,27-68,70,72-75H2,1-5H3,(H-,79,82,83,84)/p+1/b20-18-,26-24-,71-69+. The lowest BCUT2D eigenvalue weighted by Crippen LogP contribution is -2.45. The monoisotopic (exact) mass is 1250 g/mol. The molecule has 0 aliphatic carbocycles. The predicted octanol–water partition coefficient (Wildman–Crippen LogP) is 25.2. The summed E-state index contributed by atoms with van der Waals surface area (Å²) in [6.07, 6.45) is 93.3. The van der Waals surface area contributed by atoms with Crippen LogP contribution in [0.5, 0.6) is 0 Å². The molecule has 0 aliphatic heterocycles. The van der Waals surface area contributed by atoms with Gasteiger partial charge in [-0.1, -0.05) is 384 Å². The fraction of sp³-hybridized carbons (Fsp3) is 0.910. The highest BCUT2D eigenvalue weighted by Gasteiger charge is 2.28. The third kappa shape index (κ3) is 72.0. The molecule has 0 radical (unpaired) electrons. The van der Waals surface area contributed by atoms with Crippen molar-refractivity contribution < 1.29 is 32.9 Å². The topological polar surface area (TPSA) is 105 Å². The largest absolute Gasteiger partial charge is 0.472 e. The SMILES string of the molecule is CCCCCCC/C=C\C/C=C\CCCCCCCCCCCCCCCCCCCCCCCCCCCCCC(=O)NC(COP(=O)(O)OCC[N+](C)(C)C)C(O)/C=C/CCCCCCCCCCCCCCCCCCCCCCCCCC. The molecule has 3 unspecified atom stereocenters. The Morgan fingerprint density at radius 3 is 0.943 bits per heavy atom. The Bertz CT molecular complexity index is 1510. The average Bonchev–Trinajstić information content (AvgIpc) is 3.69. The van der Waals surface area contributed by atoms with E-state index >= 15 is 0 Å². The zero-order chi connectivity index (χ0) is 63.4. The molecule has 0 aromatic heterocycles. The summed E-state index contributed by atoms with van der Waals surface area (Å²) in [4.78, 5) is 23.5. The van der Waals surface area contributed by atoms with Crippen LogP contribution in [0, 0.1) is 0 Å². The number of nitrogens with one attached hydrogen (secondary N) is 1. The number of allylic oxidation sites excluding steroid dienone is 5. The molecule has 3 atom stereocenters. The molecule has 516 valence electrons. The molecule has 0 saturated heterocycles. The second-order valence-corrected chi connectivity index (χ2v) is 29.5. The Morgan fingerprint density at radius 1 is 0.391 bits per heavy atom. The van der Waals surface area contributed by atoms with E-state index in [2.05, 4.69) is 43.5 Å². The Balaban J connectivity index is 3.93. The maximum atomic E-state index is 13.1. The van der Waals surface area contributed by atoms with Crippen LogP contribution in [0.1, 0.15) is 406 Å². The van der Waals surface area contributed by atoms with E-state index in [1.165, 1.54) is 347 Å². The van der Waals surface area contributed by atoms with Crippen LogP contribution >= 0.6 is 7.82 Å². The number of nitrogens with zero attached hydrogens (tertiary/aromatic N) is 1. The van der Waals surface area contributed by atoms with Gasteiger partial charge in [0.2, 0.25) is 5.91 Å². The molecule has 0 aromatic rings. The maximum absolute atomic E-state index is 13.1. The third-order valence-corrected chi connectivity index (χ3v) is 19.1. The van der Waals surface area contributed by atoms with Crippen LogP contribution in [-0.2, 0) is 18.4 Å². The van der Waals surface area contributed by atoms with E-state index in [9.17, 15) is 19.4 Å². The molecule has 0 bridgehead atoms. The zero-order valence-electron chi connectivity index (χ0n) is 59.3. The maximum Gasteiger partial charge on any atom is 0.472 e. The number of hydrogen-bond donors (Lipinski definition) is 3. The van der Waals surface area contributed by atoms with Gasteiger partial charge in [0, 0.05) is 6.42 Å². The number of aliphatic hydroxyl groups is 1. The van der Waals surface area contributed by atoms with Crippen LogP contribution in [-0.4, -0.2) is 73.4 Å². The average molecular weight is 1250 g/mol. The molecule has 8 nitrogen and oxygen atoms in total. The summed E-state index contributed by atoms with van der Waals surface area (Å²) < 4.78 is 23.9. The van der Waals surface area contributed by atoms with Crippen LogP contribution in [0.25, 0.3) is 0 Å². The minimum absolute atomic E-state index is 0.0644. The molecule has 0 aliphatic rings. The van der Waals surface area contributed by atoms with E-state index in [-0.39, 0.29) is 19.1 Å². The number of unbranched alkanes of at least 4 members (excludes halogenated alkanes) is 56. The second kappa shape index (κ2) is 69.1. The Kier molecular flexibility index (Phi) is 68.1. The van der Waals surface area contributed by atoms with Crippen molar-refractivity contribution in [1.29, 1.82) is 0 Å². The Labute approximate surface area is 544 Å². The van der Waals surface area contributed by atoms with Crippen molar-refractivity contribution in [3.05, 3.63) is 36.5 Å². The van der Waals surface area contributed by atoms with Crippen molar-refractivity contribution in [3.63, 3.8) is 0 Å². The van der Waals surface area contributed by atoms with Crippen molar-refractivity contribution in [1.82, 2.24) is 5.32 Å². The molecular formula is C78H154N2O6P+. The molecule has 0 fully saturated rings. The molecule has 0 rings (SSSR count). The summed E-state index contributed by atoms with van der Waals surface area (Å²) in [5, 5.41) is 14.0. The van der Waals surface area contributed by atoms with E-state index in [1.807, 2.05) is 27.2 Å². The van der Waals surface area contributed by atoms with E-state index in [0.29, 0.717) is 17.4 Å². The highest BCUT2D eigenvalue weighted by atomic mass is 31.2. The minimum atomic E-state index is -4.35. The molecule has 87 heavy (non-hydrogen) atoms. The van der Waals surface area contributed by atoms with Gasteiger partial charge in [-0.05, 0) is 51.4 Å². The smallest absolute Gasteiger partial charge is 0.387 e. The first-order valence-corrected chi connectivity index (χ1v) is 40.4. The number of quaternary nitrogens is 1. The summed E-state index contributed by atoms with van der Waals surface area (Å²) >= 11 is 0. The Hall–Kier alpha value is -1.28. The van der Waals surface area contributed by atoms with Gasteiger partial charge in [-0.25, -0.2) is 4.57 Å². The first-order valence-electron chi connectivity index (χ1n) is 38.9. The number of hydrogen-bond acceptors (Lipinski definition) is 5. The van der Waals surface area contributed by atoms with Crippen LogP contribution < -0.4 is 5.32 Å². The molecule has 0 saturated carbocycles.